The molecule has 258 valence electrons. The normalized spacial score (nSPS) is 11.6. The summed E-state index contributed by atoms with van der Waals surface area (Å²) in [4.78, 5) is 2.36. The quantitative estimate of drug-likeness (QED) is 0.166. The molecule has 0 bridgehead atoms. The average molecular weight is 719 g/mol. The molecular weight excluding hydrogens is 685 g/mol. The predicted octanol–water partition coefficient (Wildman–Crippen LogP) is 15.1. The average Bonchev–Trinajstić information content (AvgIpc) is 3.80. The summed E-state index contributed by atoms with van der Waals surface area (Å²) in [7, 11) is 0. The van der Waals surface area contributed by atoms with Gasteiger partial charge in [0.25, 0.3) is 0 Å². The number of anilines is 3. The first-order chi connectivity index (χ1) is 27.3. The monoisotopic (exact) mass is 718 g/mol. The fourth-order valence-corrected chi connectivity index (χ4v) is 9.62. The highest BCUT2D eigenvalue weighted by Gasteiger charge is 2.18. The van der Waals surface area contributed by atoms with Crippen LogP contribution in [0.2, 0.25) is 0 Å². The van der Waals surface area contributed by atoms with Crippen molar-refractivity contribution in [3.05, 3.63) is 206 Å². The molecule has 55 heavy (non-hydrogen) atoms. The van der Waals surface area contributed by atoms with E-state index in [0.29, 0.717) is 0 Å². The van der Waals surface area contributed by atoms with Gasteiger partial charge in [0, 0.05) is 53.4 Å². The molecule has 11 aromatic rings. The largest absolute Gasteiger partial charge is 0.310 e. The van der Waals surface area contributed by atoms with Crippen LogP contribution in [0.25, 0.3) is 80.7 Å². The molecule has 0 saturated heterocycles. The van der Waals surface area contributed by atoms with Crippen molar-refractivity contribution in [2.75, 3.05) is 4.90 Å². The van der Waals surface area contributed by atoms with Crippen LogP contribution in [0.5, 0.6) is 0 Å². The molecule has 0 saturated carbocycles. The van der Waals surface area contributed by atoms with Crippen molar-refractivity contribution >= 4 is 81.1 Å². The Kier molecular flexibility index (Phi) is 7.39. The number of thiophene rings is 1. The molecule has 2 heterocycles. The zero-order chi connectivity index (χ0) is 36.3. The van der Waals surface area contributed by atoms with Crippen LogP contribution in [0, 0.1) is 0 Å². The molecule has 0 radical (unpaired) electrons. The SMILES string of the molecule is c1ccc(N(c2ccc(-c3ccc4c(c3)sc3cccc(-c5ccc6c7ccccc7n(-c7ccccc7)c6c5)c34)cc2)c2cccc3ccccc23)cc1. The summed E-state index contributed by atoms with van der Waals surface area (Å²) in [5, 5.41) is 7.61. The number of hydrogen-bond donors (Lipinski definition) is 0. The van der Waals surface area contributed by atoms with E-state index in [-0.39, 0.29) is 0 Å². The molecule has 0 aliphatic carbocycles. The maximum Gasteiger partial charge on any atom is 0.0547 e. The van der Waals surface area contributed by atoms with Gasteiger partial charge in [-0.15, -0.1) is 11.3 Å². The Morgan fingerprint density at radius 1 is 0.382 bits per heavy atom. The van der Waals surface area contributed by atoms with Gasteiger partial charge in [0.1, 0.15) is 0 Å². The lowest BCUT2D eigenvalue weighted by molar-refractivity contribution is 1.18. The van der Waals surface area contributed by atoms with Crippen LogP contribution in [-0.2, 0) is 0 Å². The maximum atomic E-state index is 2.40. The second-order valence-electron chi connectivity index (χ2n) is 14.1. The smallest absolute Gasteiger partial charge is 0.0547 e. The van der Waals surface area contributed by atoms with Gasteiger partial charge in [-0.25, -0.2) is 0 Å². The molecule has 0 aliphatic rings. The Labute approximate surface area is 323 Å². The van der Waals surface area contributed by atoms with Crippen LogP contribution in [0.4, 0.5) is 17.1 Å². The molecule has 0 N–H and O–H groups in total. The van der Waals surface area contributed by atoms with E-state index in [1.54, 1.807) is 0 Å². The molecule has 11 rings (SSSR count). The zero-order valence-corrected chi connectivity index (χ0v) is 30.7. The minimum absolute atomic E-state index is 1.13. The first kappa shape index (κ1) is 31.6. The summed E-state index contributed by atoms with van der Waals surface area (Å²) >= 11 is 1.88. The highest BCUT2D eigenvalue weighted by Crippen LogP contribution is 2.44. The highest BCUT2D eigenvalue weighted by atomic mass is 32.1. The lowest BCUT2D eigenvalue weighted by Gasteiger charge is -2.27. The standard InChI is InChI=1S/C52H34N2S/c1-3-15-39(16-4-1)53(47-23-11-14-36-13-7-8-19-42(36)47)41-29-25-35(26-30-41)37-27-32-46-51(34-37)55-50-24-12-21-43(52(46)50)38-28-31-45-44-20-9-10-22-48(44)54(49(45)33-38)40-17-5-2-6-18-40/h1-34H. The fraction of sp³-hybridized carbons (Fsp3) is 0. The number of para-hydroxylation sites is 3. The van der Waals surface area contributed by atoms with Crippen molar-refractivity contribution < 1.29 is 0 Å². The van der Waals surface area contributed by atoms with Crippen LogP contribution in [0.15, 0.2) is 206 Å². The van der Waals surface area contributed by atoms with Gasteiger partial charge in [0.15, 0.2) is 0 Å². The number of rotatable bonds is 6. The lowest BCUT2D eigenvalue weighted by Crippen LogP contribution is -2.10. The summed E-state index contributed by atoms with van der Waals surface area (Å²) in [5.41, 5.74) is 12.0. The molecule has 0 unspecified atom stereocenters. The molecular formula is C52H34N2S. The van der Waals surface area contributed by atoms with E-state index in [0.717, 1.165) is 11.4 Å². The topological polar surface area (TPSA) is 8.17 Å². The first-order valence-electron chi connectivity index (χ1n) is 18.8. The highest BCUT2D eigenvalue weighted by molar-refractivity contribution is 7.26. The zero-order valence-electron chi connectivity index (χ0n) is 29.9. The second-order valence-corrected chi connectivity index (χ2v) is 15.2. The maximum absolute atomic E-state index is 2.40. The Bertz CT molecular complexity index is 3190. The van der Waals surface area contributed by atoms with Crippen molar-refractivity contribution in [2.45, 2.75) is 0 Å². The van der Waals surface area contributed by atoms with Gasteiger partial charge in [0.05, 0.1) is 16.7 Å². The van der Waals surface area contributed by atoms with E-state index in [1.807, 2.05) is 11.3 Å². The van der Waals surface area contributed by atoms with Gasteiger partial charge in [0.2, 0.25) is 0 Å². The van der Waals surface area contributed by atoms with Gasteiger partial charge in [-0.1, -0.05) is 140 Å². The number of hydrogen-bond acceptors (Lipinski definition) is 2. The number of fused-ring (bicyclic) bond motifs is 7. The molecule has 0 amide bonds. The number of nitrogens with zero attached hydrogens (tertiary/aromatic N) is 2. The van der Waals surface area contributed by atoms with E-state index >= 15 is 0 Å². The van der Waals surface area contributed by atoms with Crippen LogP contribution in [-0.4, -0.2) is 4.57 Å². The summed E-state index contributed by atoms with van der Waals surface area (Å²) < 4.78 is 5.00. The van der Waals surface area contributed by atoms with Gasteiger partial charge in [-0.2, -0.15) is 0 Å². The Morgan fingerprint density at radius 3 is 1.87 bits per heavy atom. The van der Waals surface area contributed by atoms with Crippen molar-refractivity contribution in [2.24, 2.45) is 0 Å². The van der Waals surface area contributed by atoms with Crippen molar-refractivity contribution in [3.8, 4) is 27.9 Å². The molecule has 9 aromatic carbocycles. The predicted molar refractivity (Wildman–Crippen MR) is 237 cm³/mol. The third-order valence-corrected chi connectivity index (χ3v) is 12.1. The van der Waals surface area contributed by atoms with Crippen molar-refractivity contribution in [1.29, 1.82) is 0 Å². The number of aromatic nitrogens is 1. The molecule has 0 fully saturated rings. The molecule has 2 nitrogen and oxygen atoms in total. The molecule has 0 spiro atoms. The minimum atomic E-state index is 1.13. The first-order valence-corrected chi connectivity index (χ1v) is 19.6. The summed E-state index contributed by atoms with van der Waals surface area (Å²) in [6, 6.07) is 75.0. The van der Waals surface area contributed by atoms with Gasteiger partial charge in [-0.05, 0) is 94.4 Å². The molecule has 0 aliphatic heterocycles. The van der Waals surface area contributed by atoms with Gasteiger partial charge < -0.3 is 9.47 Å². The summed E-state index contributed by atoms with van der Waals surface area (Å²) in [5.74, 6) is 0. The van der Waals surface area contributed by atoms with Crippen LogP contribution in [0.1, 0.15) is 0 Å². The molecule has 0 atom stereocenters. The van der Waals surface area contributed by atoms with Gasteiger partial charge >= 0.3 is 0 Å². The van der Waals surface area contributed by atoms with Gasteiger partial charge in [-0.3, -0.25) is 0 Å². The second kappa shape index (κ2) is 12.9. The number of benzene rings is 9. The third-order valence-electron chi connectivity index (χ3n) is 11.0. The Hall–Kier alpha value is -6.94. The third kappa shape index (κ3) is 5.24. The Morgan fingerprint density at radius 2 is 1.02 bits per heavy atom. The van der Waals surface area contributed by atoms with E-state index < -0.39 is 0 Å². The summed E-state index contributed by atoms with van der Waals surface area (Å²) in [6.45, 7) is 0. The van der Waals surface area contributed by atoms with Crippen molar-refractivity contribution in [1.82, 2.24) is 4.57 Å². The fourth-order valence-electron chi connectivity index (χ4n) is 8.45. The van der Waals surface area contributed by atoms with E-state index in [1.165, 1.54) is 86.4 Å². The summed E-state index contributed by atoms with van der Waals surface area (Å²) in [6.07, 6.45) is 0. The van der Waals surface area contributed by atoms with E-state index in [4.69, 9.17) is 0 Å². The lowest BCUT2D eigenvalue weighted by atomic mass is 9.97. The minimum Gasteiger partial charge on any atom is -0.310 e. The van der Waals surface area contributed by atoms with Crippen LogP contribution < -0.4 is 4.90 Å². The van der Waals surface area contributed by atoms with E-state index in [2.05, 4.69) is 216 Å². The van der Waals surface area contributed by atoms with Crippen molar-refractivity contribution in [3.63, 3.8) is 0 Å². The molecule has 2 aromatic heterocycles. The van der Waals surface area contributed by atoms with E-state index in [9.17, 15) is 0 Å². The molecule has 3 heteroatoms. The Balaban J connectivity index is 0.997. The van der Waals surface area contributed by atoms with Crippen LogP contribution in [0.3, 0.4) is 0 Å². The van der Waals surface area contributed by atoms with Crippen LogP contribution >= 0.6 is 11.3 Å².